The Hall–Kier alpha value is -3.70. The van der Waals surface area contributed by atoms with Crippen molar-refractivity contribution in [2.24, 2.45) is 0 Å². The second-order valence-electron chi connectivity index (χ2n) is 11.5. The van der Waals surface area contributed by atoms with Crippen LogP contribution in [0.5, 0.6) is 28.7 Å². The van der Waals surface area contributed by atoms with Crippen LogP contribution in [0.15, 0.2) is 79.0 Å². The van der Waals surface area contributed by atoms with Crippen molar-refractivity contribution in [2.45, 2.75) is 90.5 Å². The molecule has 0 bridgehead atoms. The maximum Gasteiger partial charge on any atom is 0.419 e. The molecule has 0 saturated carbocycles. The van der Waals surface area contributed by atoms with E-state index in [0.717, 1.165) is 29.3 Å². The second-order valence-corrected chi connectivity index (χ2v) is 12.4. The van der Waals surface area contributed by atoms with E-state index in [4.69, 9.17) is 18.5 Å². The first-order valence-corrected chi connectivity index (χ1v) is 17.7. The minimum absolute atomic E-state index is 0.0580. The summed E-state index contributed by atoms with van der Waals surface area (Å²) in [6.07, 6.45) is 17.1. The second kappa shape index (κ2) is 19.0. The number of phenolic OH excluding ortho intramolecular Hbond substituents is 1. The maximum atomic E-state index is 13.0. The number of unbranched alkanes of at least 4 members (excludes halogenated alkanes) is 11. The number of para-hydroxylation sites is 1. The lowest BCUT2D eigenvalue weighted by atomic mass is 10.1. The summed E-state index contributed by atoms with van der Waals surface area (Å²) in [6, 6.07) is 22.8. The van der Waals surface area contributed by atoms with Gasteiger partial charge in [0.2, 0.25) is 17.0 Å². The van der Waals surface area contributed by atoms with Gasteiger partial charge >= 0.3 is 8.25 Å². The largest absolute Gasteiger partial charge is 0.504 e. The van der Waals surface area contributed by atoms with Gasteiger partial charge in [-0.2, -0.15) is 4.57 Å². The maximum absolute atomic E-state index is 13.0. The van der Waals surface area contributed by atoms with Crippen molar-refractivity contribution in [1.29, 1.82) is 0 Å². The lowest BCUT2D eigenvalue weighted by molar-refractivity contribution is -0.662. The predicted molar refractivity (Wildman–Crippen MR) is 181 cm³/mol. The van der Waals surface area contributed by atoms with Crippen molar-refractivity contribution in [2.75, 3.05) is 13.7 Å². The van der Waals surface area contributed by atoms with Crippen LogP contribution in [0.4, 0.5) is 0 Å². The number of methoxy groups -OCH3 is 1. The van der Waals surface area contributed by atoms with Crippen molar-refractivity contribution >= 4 is 19.2 Å². The third-order valence-electron chi connectivity index (χ3n) is 7.94. The Morgan fingerprint density at radius 2 is 1.42 bits per heavy atom. The van der Waals surface area contributed by atoms with E-state index in [9.17, 15) is 9.67 Å². The number of benzene rings is 3. The molecule has 0 aliphatic heterocycles. The number of ether oxygens (including phenoxy) is 2. The zero-order chi connectivity index (χ0) is 31.7. The topological polar surface area (TPSA) is 78.1 Å². The molecule has 1 aromatic heterocycles. The smallest absolute Gasteiger partial charge is 0.419 e. The molecule has 4 rings (SSSR count). The summed E-state index contributed by atoms with van der Waals surface area (Å²) < 4.78 is 37.9. The van der Waals surface area contributed by atoms with Crippen molar-refractivity contribution < 1.29 is 32.8 Å². The number of nitrogens with zero attached hydrogens (tertiary/aromatic N) is 1. The van der Waals surface area contributed by atoms with Crippen LogP contribution in [0.3, 0.4) is 0 Å². The summed E-state index contributed by atoms with van der Waals surface area (Å²) in [5, 5.41) is 11.6. The van der Waals surface area contributed by atoms with Crippen molar-refractivity contribution in [3.8, 4) is 28.7 Å². The van der Waals surface area contributed by atoms with E-state index in [0.29, 0.717) is 18.9 Å². The molecule has 8 heteroatoms. The quantitative estimate of drug-likeness (QED) is 0.0559. The highest BCUT2D eigenvalue weighted by Gasteiger charge is 2.19. The minimum Gasteiger partial charge on any atom is -0.504 e. The zero-order valence-corrected chi connectivity index (χ0v) is 27.8. The standard InChI is InChI=1S/C37H48NO6P/c1-3-4-5-6-7-8-9-10-11-12-13-16-27-42-36-34(39)24-25-35(37(36)41-2)44-45(40)43-32-22-17-19-30(28-32)29-38-26-18-21-31-20-14-15-23-33(31)38/h14-15,17-26,28,45H,3-13,16,27,29H2,1-2H3/p+1. The Balaban J connectivity index is 1.24. The average molecular weight is 635 g/mol. The predicted octanol–water partition coefficient (Wildman–Crippen LogP) is 9.82. The molecular weight excluding hydrogens is 585 g/mol. The number of phenols is 1. The van der Waals surface area contributed by atoms with Gasteiger partial charge in [-0.1, -0.05) is 102 Å². The number of hydrogen-bond acceptors (Lipinski definition) is 6. The van der Waals surface area contributed by atoms with Gasteiger partial charge in [-0.05, 0) is 42.8 Å². The Kier molecular flexibility index (Phi) is 14.4. The zero-order valence-electron chi connectivity index (χ0n) is 26.8. The van der Waals surface area contributed by atoms with Gasteiger partial charge in [-0.15, -0.1) is 0 Å². The van der Waals surface area contributed by atoms with Gasteiger partial charge in [0.15, 0.2) is 24.2 Å². The Labute approximate surface area is 269 Å². The third kappa shape index (κ3) is 11.0. The van der Waals surface area contributed by atoms with Crippen LogP contribution in [0, 0.1) is 0 Å². The number of aromatic hydroxyl groups is 1. The molecule has 3 aromatic carbocycles. The van der Waals surface area contributed by atoms with Gasteiger partial charge in [0.25, 0.3) is 0 Å². The van der Waals surface area contributed by atoms with Gasteiger partial charge < -0.3 is 23.6 Å². The van der Waals surface area contributed by atoms with E-state index in [1.165, 1.54) is 83.5 Å². The van der Waals surface area contributed by atoms with Crippen molar-refractivity contribution in [3.05, 3.63) is 84.6 Å². The Morgan fingerprint density at radius 1 is 0.733 bits per heavy atom. The van der Waals surface area contributed by atoms with E-state index in [1.54, 1.807) is 6.07 Å². The molecule has 45 heavy (non-hydrogen) atoms. The van der Waals surface area contributed by atoms with E-state index in [2.05, 4.69) is 29.7 Å². The Morgan fingerprint density at radius 3 is 2.16 bits per heavy atom. The first kappa shape index (κ1) is 34.2. The summed E-state index contributed by atoms with van der Waals surface area (Å²) in [7, 11) is -1.54. The fourth-order valence-corrected chi connectivity index (χ4v) is 6.24. The average Bonchev–Trinajstić information content (AvgIpc) is 3.05. The molecule has 0 fully saturated rings. The summed E-state index contributed by atoms with van der Waals surface area (Å²) >= 11 is 0. The van der Waals surface area contributed by atoms with Gasteiger partial charge in [-0.25, -0.2) is 4.57 Å². The number of hydrogen-bond donors (Lipinski definition) is 1. The highest BCUT2D eigenvalue weighted by molar-refractivity contribution is 7.34. The fourth-order valence-electron chi connectivity index (χ4n) is 5.53. The molecule has 0 aliphatic rings. The molecular formula is C37H49NO6P+. The third-order valence-corrected chi connectivity index (χ3v) is 8.73. The van der Waals surface area contributed by atoms with Gasteiger partial charge in [-0.3, -0.25) is 0 Å². The molecule has 0 radical (unpaired) electrons. The lowest BCUT2D eigenvalue weighted by Gasteiger charge is -2.16. The molecule has 4 aromatic rings. The number of pyridine rings is 1. The molecule has 7 nitrogen and oxygen atoms in total. The summed E-state index contributed by atoms with van der Waals surface area (Å²) in [5.41, 5.74) is 2.12. The van der Waals surface area contributed by atoms with E-state index < -0.39 is 8.25 Å². The number of fused-ring (bicyclic) bond motifs is 1. The molecule has 0 amide bonds. The Bertz CT molecular complexity index is 1490. The summed E-state index contributed by atoms with van der Waals surface area (Å²) in [6.45, 7) is 3.33. The summed E-state index contributed by atoms with van der Waals surface area (Å²) in [5.74, 6) is 0.945. The van der Waals surface area contributed by atoms with E-state index in [-0.39, 0.29) is 23.0 Å². The monoisotopic (exact) mass is 634 g/mol. The van der Waals surface area contributed by atoms with Gasteiger partial charge in [0.1, 0.15) is 5.75 Å². The van der Waals surface area contributed by atoms with Crippen LogP contribution in [-0.4, -0.2) is 18.8 Å². The highest BCUT2D eigenvalue weighted by Crippen LogP contribution is 2.46. The van der Waals surface area contributed by atoms with Crippen LogP contribution >= 0.6 is 8.25 Å². The van der Waals surface area contributed by atoms with Crippen LogP contribution in [0.2, 0.25) is 0 Å². The summed E-state index contributed by atoms with van der Waals surface area (Å²) in [4.78, 5) is 0. The first-order chi connectivity index (χ1) is 22.1. The molecule has 1 heterocycles. The van der Waals surface area contributed by atoms with Crippen LogP contribution in [0.1, 0.15) is 89.5 Å². The molecule has 1 N–H and O–H groups in total. The molecule has 0 aliphatic carbocycles. The van der Waals surface area contributed by atoms with Crippen LogP contribution < -0.4 is 23.1 Å². The molecule has 0 spiro atoms. The SMILES string of the molecule is CCCCCCCCCCCCCCOc1c(O)ccc(O[PH](=O)Oc2cccc(C[n+]3cccc4ccccc43)c2)c1OC. The molecule has 242 valence electrons. The number of rotatable bonds is 21. The van der Waals surface area contributed by atoms with E-state index in [1.807, 2.05) is 42.6 Å². The van der Waals surface area contributed by atoms with Gasteiger partial charge in [0.05, 0.1) is 13.7 Å². The minimum atomic E-state index is -3.00. The van der Waals surface area contributed by atoms with Gasteiger partial charge in [0, 0.05) is 23.1 Å². The van der Waals surface area contributed by atoms with Crippen molar-refractivity contribution in [1.82, 2.24) is 0 Å². The molecule has 1 unspecified atom stereocenters. The molecule has 1 atom stereocenters. The van der Waals surface area contributed by atoms with Crippen molar-refractivity contribution in [3.63, 3.8) is 0 Å². The first-order valence-electron chi connectivity index (χ1n) is 16.5. The number of aromatic nitrogens is 1. The van der Waals surface area contributed by atoms with E-state index >= 15 is 0 Å². The normalized spacial score (nSPS) is 11.8. The molecule has 0 saturated heterocycles. The van der Waals surface area contributed by atoms with Crippen LogP contribution in [-0.2, 0) is 11.1 Å². The fraction of sp³-hybridized carbons (Fsp3) is 0.432. The lowest BCUT2D eigenvalue weighted by Crippen LogP contribution is -2.34. The highest BCUT2D eigenvalue weighted by atomic mass is 31.1. The van der Waals surface area contributed by atoms with Crippen LogP contribution in [0.25, 0.3) is 10.9 Å².